The molecule has 6 nitrogen and oxygen atoms in total. The first-order valence-electron chi connectivity index (χ1n) is 5.58. The highest BCUT2D eigenvalue weighted by molar-refractivity contribution is 5.88. The van der Waals surface area contributed by atoms with Gasteiger partial charge in [-0.25, -0.2) is 4.90 Å². The standard InChI is InChI=1S/C12H15N3O3/c1-14(2)11(15(17)18)6-8-7-13-9-4-3-5-10(16)12(8)9/h3-5,7,11,13,16H,6H2,1-2H3. The van der Waals surface area contributed by atoms with Crippen LogP contribution in [0.15, 0.2) is 24.4 Å². The maximum Gasteiger partial charge on any atom is 0.272 e. The van der Waals surface area contributed by atoms with E-state index in [0.29, 0.717) is 5.39 Å². The minimum Gasteiger partial charge on any atom is -0.507 e. The Balaban J connectivity index is 2.40. The van der Waals surface area contributed by atoms with Crippen molar-refractivity contribution in [2.45, 2.75) is 12.6 Å². The van der Waals surface area contributed by atoms with Gasteiger partial charge in [-0.3, -0.25) is 10.1 Å². The summed E-state index contributed by atoms with van der Waals surface area (Å²) in [5.41, 5.74) is 1.53. The molecule has 1 aromatic carbocycles. The van der Waals surface area contributed by atoms with Crippen molar-refractivity contribution in [2.75, 3.05) is 14.1 Å². The van der Waals surface area contributed by atoms with Gasteiger partial charge >= 0.3 is 0 Å². The van der Waals surface area contributed by atoms with E-state index in [1.54, 1.807) is 37.3 Å². The van der Waals surface area contributed by atoms with Crippen LogP contribution >= 0.6 is 0 Å². The Bertz CT molecular complexity index is 577. The molecule has 0 radical (unpaired) electrons. The van der Waals surface area contributed by atoms with Crippen LogP contribution in [0.2, 0.25) is 0 Å². The molecule has 0 aliphatic heterocycles. The van der Waals surface area contributed by atoms with Crippen molar-refractivity contribution in [1.29, 1.82) is 0 Å². The lowest BCUT2D eigenvalue weighted by Crippen LogP contribution is -2.37. The first-order valence-corrected chi connectivity index (χ1v) is 5.58. The lowest BCUT2D eigenvalue weighted by atomic mass is 10.1. The summed E-state index contributed by atoms with van der Waals surface area (Å²) < 4.78 is 0. The summed E-state index contributed by atoms with van der Waals surface area (Å²) in [7, 11) is 3.34. The zero-order valence-electron chi connectivity index (χ0n) is 10.3. The van der Waals surface area contributed by atoms with Crippen molar-refractivity contribution in [3.8, 4) is 5.75 Å². The number of nitrogens with one attached hydrogen (secondary N) is 1. The predicted molar refractivity (Wildman–Crippen MR) is 68.1 cm³/mol. The number of nitro groups is 1. The highest BCUT2D eigenvalue weighted by Crippen LogP contribution is 2.28. The molecule has 2 aromatic rings. The van der Waals surface area contributed by atoms with E-state index in [-0.39, 0.29) is 17.1 Å². The number of benzene rings is 1. The molecule has 0 saturated heterocycles. The number of hydrogen-bond donors (Lipinski definition) is 2. The summed E-state index contributed by atoms with van der Waals surface area (Å²) in [6.45, 7) is 0. The van der Waals surface area contributed by atoms with Crippen LogP contribution < -0.4 is 0 Å². The van der Waals surface area contributed by atoms with Gasteiger partial charge in [0.15, 0.2) is 0 Å². The molecule has 0 bridgehead atoms. The topological polar surface area (TPSA) is 82.4 Å². The summed E-state index contributed by atoms with van der Waals surface area (Å²) in [6, 6.07) is 5.14. The average Bonchev–Trinajstić information content (AvgIpc) is 2.69. The number of aromatic hydroxyl groups is 1. The smallest absolute Gasteiger partial charge is 0.272 e. The van der Waals surface area contributed by atoms with Gasteiger partial charge in [0.25, 0.3) is 6.17 Å². The highest BCUT2D eigenvalue weighted by Gasteiger charge is 2.25. The SMILES string of the molecule is CN(C)C(Cc1c[nH]c2cccc(O)c12)[N+](=O)[O-]. The zero-order chi connectivity index (χ0) is 13.3. The van der Waals surface area contributed by atoms with Gasteiger partial charge in [0.2, 0.25) is 0 Å². The molecular weight excluding hydrogens is 234 g/mol. The molecule has 2 N–H and O–H groups in total. The van der Waals surface area contributed by atoms with Crippen LogP contribution in [0.3, 0.4) is 0 Å². The van der Waals surface area contributed by atoms with Crippen LogP contribution in [0.1, 0.15) is 5.56 Å². The number of phenolic OH excluding ortho intramolecular Hbond substituents is 1. The van der Waals surface area contributed by atoms with E-state index in [1.165, 1.54) is 0 Å². The quantitative estimate of drug-likeness (QED) is 0.489. The van der Waals surface area contributed by atoms with Crippen LogP contribution in [-0.4, -0.2) is 40.2 Å². The van der Waals surface area contributed by atoms with E-state index in [9.17, 15) is 15.2 Å². The van der Waals surface area contributed by atoms with E-state index >= 15 is 0 Å². The van der Waals surface area contributed by atoms with Gasteiger partial charge in [-0.15, -0.1) is 0 Å². The van der Waals surface area contributed by atoms with Crippen LogP contribution in [-0.2, 0) is 6.42 Å². The summed E-state index contributed by atoms with van der Waals surface area (Å²) >= 11 is 0. The fraction of sp³-hybridized carbons (Fsp3) is 0.333. The first-order chi connectivity index (χ1) is 8.50. The summed E-state index contributed by atoms with van der Waals surface area (Å²) in [6.07, 6.45) is 1.16. The van der Waals surface area contributed by atoms with Crippen molar-refractivity contribution >= 4 is 10.9 Å². The molecule has 1 heterocycles. The molecular formula is C12H15N3O3. The summed E-state index contributed by atoms with van der Waals surface area (Å²) in [5, 5.41) is 21.5. The number of fused-ring (bicyclic) bond motifs is 1. The molecule has 6 heteroatoms. The van der Waals surface area contributed by atoms with Gasteiger partial charge in [0.1, 0.15) is 5.75 Å². The van der Waals surface area contributed by atoms with Crippen molar-refractivity contribution < 1.29 is 10.0 Å². The fourth-order valence-corrected chi connectivity index (χ4v) is 2.04. The molecule has 0 saturated carbocycles. The van der Waals surface area contributed by atoms with E-state index in [1.807, 2.05) is 6.07 Å². The third kappa shape index (κ3) is 2.14. The Kier molecular flexibility index (Phi) is 3.20. The normalized spacial score (nSPS) is 13.1. The molecule has 96 valence electrons. The number of aromatic nitrogens is 1. The van der Waals surface area contributed by atoms with Gasteiger partial charge in [-0.05, 0) is 31.8 Å². The van der Waals surface area contributed by atoms with Gasteiger partial charge < -0.3 is 10.1 Å². The van der Waals surface area contributed by atoms with Crippen molar-refractivity contribution in [1.82, 2.24) is 9.88 Å². The summed E-state index contributed by atoms with van der Waals surface area (Å²) in [5.74, 6) is 0.143. The molecule has 0 amide bonds. The lowest BCUT2D eigenvalue weighted by Gasteiger charge is -2.15. The van der Waals surface area contributed by atoms with Gasteiger partial charge in [-0.1, -0.05) is 6.07 Å². The Morgan fingerprint density at radius 2 is 2.22 bits per heavy atom. The molecule has 0 aliphatic rings. The number of rotatable bonds is 4. The Morgan fingerprint density at radius 1 is 1.50 bits per heavy atom. The Morgan fingerprint density at radius 3 is 2.83 bits per heavy atom. The van der Waals surface area contributed by atoms with Gasteiger partial charge in [-0.2, -0.15) is 0 Å². The molecule has 2 rings (SSSR count). The van der Waals surface area contributed by atoms with Crippen molar-refractivity contribution in [3.05, 3.63) is 40.1 Å². The number of hydrogen-bond acceptors (Lipinski definition) is 4. The molecule has 0 aliphatic carbocycles. The fourth-order valence-electron chi connectivity index (χ4n) is 2.04. The number of aromatic amines is 1. The number of likely N-dealkylation sites (N-methyl/N-ethyl adjacent to an activating group) is 1. The number of phenols is 1. The number of H-pyrrole nitrogens is 1. The monoisotopic (exact) mass is 249 g/mol. The first kappa shape index (κ1) is 12.4. The van der Waals surface area contributed by atoms with E-state index in [2.05, 4.69) is 4.98 Å². The van der Waals surface area contributed by atoms with E-state index in [0.717, 1.165) is 11.1 Å². The minimum atomic E-state index is -0.802. The second-order valence-electron chi connectivity index (χ2n) is 4.45. The highest BCUT2D eigenvalue weighted by atomic mass is 16.6. The van der Waals surface area contributed by atoms with Crippen LogP contribution in [0.5, 0.6) is 5.75 Å². The largest absolute Gasteiger partial charge is 0.507 e. The average molecular weight is 249 g/mol. The second-order valence-corrected chi connectivity index (χ2v) is 4.45. The van der Waals surface area contributed by atoms with E-state index in [4.69, 9.17) is 0 Å². The predicted octanol–water partition coefficient (Wildman–Crippen LogP) is 1.58. The molecule has 18 heavy (non-hydrogen) atoms. The van der Waals surface area contributed by atoms with Crippen molar-refractivity contribution in [2.24, 2.45) is 0 Å². The van der Waals surface area contributed by atoms with Gasteiger partial charge in [0.05, 0.1) is 6.42 Å². The minimum absolute atomic E-state index is 0.143. The van der Waals surface area contributed by atoms with Crippen LogP contribution in [0.25, 0.3) is 10.9 Å². The Labute approximate surface area is 104 Å². The third-order valence-electron chi connectivity index (χ3n) is 3.01. The molecule has 0 fully saturated rings. The molecule has 1 aromatic heterocycles. The lowest BCUT2D eigenvalue weighted by molar-refractivity contribution is -0.547. The van der Waals surface area contributed by atoms with Gasteiger partial charge in [0, 0.05) is 22.0 Å². The molecule has 0 spiro atoms. The van der Waals surface area contributed by atoms with Crippen molar-refractivity contribution in [3.63, 3.8) is 0 Å². The Hall–Kier alpha value is -2.08. The zero-order valence-corrected chi connectivity index (χ0v) is 10.3. The third-order valence-corrected chi connectivity index (χ3v) is 3.01. The second kappa shape index (κ2) is 4.66. The van der Waals surface area contributed by atoms with Crippen LogP contribution in [0, 0.1) is 10.1 Å². The maximum absolute atomic E-state index is 11.0. The van der Waals surface area contributed by atoms with Crippen LogP contribution in [0.4, 0.5) is 0 Å². The maximum atomic E-state index is 11.0. The number of nitrogens with zero attached hydrogens (tertiary/aromatic N) is 2. The molecule has 1 atom stereocenters. The summed E-state index contributed by atoms with van der Waals surface area (Å²) in [4.78, 5) is 15.2. The molecule has 1 unspecified atom stereocenters. The van der Waals surface area contributed by atoms with E-state index < -0.39 is 6.17 Å².